The smallest absolute Gasteiger partial charge is 0.258 e. The van der Waals surface area contributed by atoms with Crippen LogP contribution in [0.3, 0.4) is 0 Å². The van der Waals surface area contributed by atoms with Crippen molar-refractivity contribution in [1.29, 1.82) is 0 Å². The Labute approximate surface area is 122 Å². The first-order valence-corrected chi connectivity index (χ1v) is 7.05. The minimum absolute atomic E-state index is 0.0260. The summed E-state index contributed by atoms with van der Waals surface area (Å²) in [5.74, 6) is 0.0260. The number of para-hydroxylation sites is 1. The maximum absolute atomic E-state index is 12.6. The van der Waals surface area contributed by atoms with Crippen LogP contribution in [-0.2, 0) is 0 Å². The molecule has 0 aliphatic rings. The number of halogens is 1. The fourth-order valence-corrected chi connectivity index (χ4v) is 2.67. The van der Waals surface area contributed by atoms with Gasteiger partial charge >= 0.3 is 0 Å². The average Bonchev–Trinajstić information content (AvgIpc) is 2.39. The van der Waals surface area contributed by atoms with Gasteiger partial charge in [-0.1, -0.05) is 34.1 Å². The average molecular weight is 318 g/mol. The van der Waals surface area contributed by atoms with Crippen molar-refractivity contribution in [1.82, 2.24) is 0 Å². The Balaban J connectivity index is 2.36. The van der Waals surface area contributed by atoms with Gasteiger partial charge in [0, 0.05) is 22.3 Å². The van der Waals surface area contributed by atoms with Crippen LogP contribution in [0.25, 0.3) is 0 Å². The molecule has 0 bridgehead atoms. The van der Waals surface area contributed by atoms with Gasteiger partial charge in [-0.2, -0.15) is 0 Å². The summed E-state index contributed by atoms with van der Waals surface area (Å²) in [6.07, 6.45) is 0. The van der Waals surface area contributed by atoms with Crippen LogP contribution < -0.4 is 4.90 Å². The van der Waals surface area contributed by atoms with Crippen LogP contribution in [0.4, 0.5) is 5.69 Å². The molecule has 0 saturated heterocycles. The lowest BCUT2D eigenvalue weighted by molar-refractivity contribution is 0.0988. The van der Waals surface area contributed by atoms with Crippen LogP contribution in [-0.4, -0.2) is 12.5 Å². The molecule has 0 N–H and O–H groups in total. The molecule has 0 aliphatic heterocycles. The highest BCUT2D eigenvalue weighted by molar-refractivity contribution is 9.10. The van der Waals surface area contributed by atoms with Crippen molar-refractivity contribution < 1.29 is 4.79 Å². The Bertz CT molecular complexity index is 560. The summed E-state index contributed by atoms with van der Waals surface area (Å²) in [5.41, 5.74) is 2.70. The third kappa shape index (κ3) is 3.24. The third-order valence-corrected chi connectivity index (χ3v) is 3.38. The van der Waals surface area contributed by atoms with Crippen LogP contribution in [0.1, 0.15) is 22.8 Å². The normalized spacial score (nSPS) is 10.3. The second-order valence-electron chi connectivity index (χ2n) is 4.40. The number of anilines is 1. The van der Waals surface area contributed by atoms with Crippen LogP contribution in [0.15, 0.2) is 53.0 Å². The zero-order valence-electron chi connectivity index (χ0n) is 11.1. The lowest BCUT2D eigenvalue weighted by Gasteiger charge is -2.21. The quantitative estimate of drug-likeness (QED) is 0.820. The number of aryl methyl sites for hydroxylation is 1. The maximum atomic E-state index is 12.6. The summed E-state index contributed by atoms with van der Waals surface area (Å²) in [7, 11) is 0. The van der Waals surface area contributed by atoms with Crippen LogP contribution in [0, 0.1) is 6.92 Å². The molecule has 0 aromatic heterocycles. The number of carbonyl (C=O) groups is 1. The second-order valence-corrected chi connectivity index (χ2v) is 5.32. The molecule has 0 radical (unpaired) electrons. The molecule has 0 unspecified atom stereocenters. The van der Waals surface area contributed by atoms with E-state index in [-0.39, 0.29) is 5.91 Å². The molecule has 0 heterocycles. The van der Waals surface area contributed by atoms with Gasteiger partial charge in [-0.05, 0) is 49.7 Å². The number of hydrogen-bond acceptors (Lipinski definition) is 1. The van der Waals surface area contributed by atoms with E-state index in [4.69, 9.17) is 0 Å². The van der Waals surface area contributed by atoms with Gasteiger partial charge in [0.25, 0.3) is 5.91 Å². The lowest BCUT2D eigenvalue weighted by atomic mass is 10.1. The fraction of sp³-hybridized carbons (Fsp3) is 0.188. The van der Waals surface area contributed by atoms with E-state index in [1.165, 1.54) is 0 Å². The molecular weight excluding hydrogens is 302 g/mol. The number of benzene rings is 2. The van der Waals surface area contributed by atoms with E-state index < -0.39 is 0 Å². The molecule has 0 spiro atoms. The third-order valence-electron chi connectivity index (χ3n) is 2.92. The molecule has 19 heavy (non-hydrogen) atoms. The van der Waals surface area contributed by atoms with E-state index in [1.54, 1.807) is 4.90 Å². The molecular formula is C16H16BrNO. The van der Waals surface area contributed by atoms with Gasteiger partial charge in [-0.25, -0.2) is 0 Å². The van der Waals surface area contributed by atoms with E-state index >= 15 is 0 Å². The molecule has 2 aromatic rings. The predicted molar refractivity (Wildman–Crippen MR) is 82.7 cm³/mol. The molecule has 2 rings (SSSR count). The number of nitrogens with zero attached hydrogens (tertiary/aromatic N) is 1. The van der Waals surface area contributed by atoms with E-state index in [2.05, 4.69) is 15.9 Å². The van der Waals surface area contributed by atoms with Crippen molar-refractivity contribution in [3.63, 3.8) is 0 Å². The van der Waals surface area contributed by atoms with E-state index in [0.29, 0.717) is 12.1 Å². The molecule has 98 valence electrons. The molecule has 0 fully saturated rings. The summed E-state index contributed by atoms with van der Waals surface area (Å²) in [5, 5.41) is 0. The summed E-state index contributed by atoms with van der Waals surface area (Å²) in [6.45, 7) is 4.62. The fourth-order valence-electron chi connectivity index (χ4n) is 2.07. The Kier molecular flexibility index (Phi) is 4.38. The van der Waals surface area contributed by atoms with Gasteiger partial charge < -0.3 is 4.90 Å². The number of amides is 1. The standard InChI is InChI=1S/C16H16BrNO/c1-3-18(15-7-5-4-6-8-15)16(19)13-9-12(2)10-14(17)11-13/h4-11H,3H2,1-2H3. The molecule has 2 nitrogen and oxygen atoms in total. The van der Waals surface area contributed by atoms with Gasteiger partial charge in [0.2, 0.25) is 0 Å². The Morgan fingerprint density at radius 2 is 1.84 bits per heavy atom. The molecule has 0 aliphatic carbocycles. The molecule has 1 amide bonds. The largest absolute Gasteiger partial charge is 0.309 e. The maximum Gasteiger partial charge on any atom is 0.258 e. The first-order chi connectivity index (χ1) is 9.11. The number of carbonyl (C=O) groups excluding carboxylic acids is 1. The van der Waals surface area contributed by atoms with Gasteiger partial charge in [-0.15, -0.1) is 0 Å². The number of hydrogen-bond donors (Lipinski definition) is 0. The summed E-state index contributed by atoms with van der Waals surface area (Å²) in [4.78, 5) is 14.4. The summed E-state index contributed by atoms with van der Waals surface area (Å²) < 4.78 is 0.931. The minimum Gasteiger partial charge on any atom is -0.309 e. The molecule has 0 atom stereocenters. The zero-order valence-corrected chi connectivity index (χ0v) is 12.6. The Morgan fingerprint density at radius 3 is 2.42 bits per heavy atom. The monoisotopic (exact) mass is 317 g/mol. The first-order valence-electron chi connectivity index (χ1n) is 6.26. The molecule has 0 saturated carbocycles. The molecule has 3 heteroatoms. The van der Waals surface area contributed by atoms with Crippen molar-refractivity contribution in [3.8, 4) is 0 Å². The highest BCUT2D eigenvalue weighted by atomic mass is 79.9. The van der Waals surface area contributed by atoms with Crippen LogP contribution >= 0.6 is 15.9 Å². The topological polar surface area (TPSA) is 20.3 Å². The first kappa shape index (κ1) is 13.8. The second kappa shape index (κ2) is 6.02. The van der Waals surface area contributed by atoms with Crippen molar-refractivity contribution in [2.24, 2.45) is 0 Å². The van der Waals surface area contributed by atoms with Crippen molar-refractivity contribution in [3.05, 3.63) is 64.1 Å². The highest BCUT2D eigenvalue weighted by Crippen LogP contribution is 2.20. The predicted octanol–water partition coefficient (Wildman–Crippen LogP) is 4.42. The summed E-state index contributed by atoms with van der Waals surface area (Å²) >= 11 is 3.44. The van der Waals surface area contributed by atoms with E-state index in [9.17, 15) is 4.79 Å². The van der Waals surface area contributed by atoms with Crippen molar-refractivity contribution in [2.75, 3.05) is 11.4 Å². The zero-order chi connectivity index (χ0) is 13.8. The van der Waals surface area contributed by atoms with Crippen molar-refractivity contribution in [2.45, 2.75) is 13.8 Å². The Hall–Kier alpha value is -1.61. The highest BCUT2D eigenvalue weighted by Gasteiger charge is 2.16. The van der Waals surface area contributed by atoms with E-state index in [0.717, 1.165) is 15.7 Å². The lowest BCUT2D eigenvalue weighted by Crippen LogP contribution is -2.30. The number of rotatable bonds is 3. The van der Waals surface area contributed by atoms with Gasteiger partial charge in [0.1, 0.15) is 0 Å². The van der Waals surface area contributed by atoms with Gasteiger partial charge in [0.15, 0.2) is 0 Å². The van der Waals surface area contributed by atoms with Crippen molar-refractivity contribution >= 4 is 27.5 Å². The van der Waals surface area contributed by atoms with Crippen LogP contribution in [0.2, 0.25) is 0 Å². The van der Waals surface area contributed by atoms with Gasteiger partial charge in [-0.3, -0.25) is 4.79 Å². The Morgan fingerprint density at radius 1 is 1.16 bits per heavy atom. The SMILES string of the molecule is CCN(C(=O)c1cc(C)cc(Br)c1)c1ccccc1. The minimum atomic E-state index is 0.0260. The van der Waals surface area contributed by atoms with Gasteiger partial charge in [0.05, 0.1) is 0 Å². The summed E-state index contributed by atoms with van der Waals surface area (Å²) in [6, 6.07) is 15.5. The molecule has 2 aromatic carbocycles. The van der Waals surface area contributed by atoms with Crippen LogP contribution in [0.5, 0.6) is 0 Å². The van der Waals surface area contributed by atoms with E-state index in [1.807, 2.05) is 62.4 Å².